The minimum atomic E-state index is -0.688. The predicted molar refractivity (Wildman–Crippen MR) is 102 cm³/mol. The van der Waals surface area contributed by atoms with Gasteiger partial charge in [-0.05, 0) is 42.7 Å². The zero-order valence-electron chi connectivity index (χ0n) is 15.1. The molecule has 5 nitrogen and oxygen atoms in total. The quantitative estimate of drug-likeness (QED) is 0.571. The number of aromatic nitrogens is 1. The fraction of sp³-hybridized carbons (Fsp3) is 0.286. The Balaban J connectivity index is 1.55. The number of aliphatic hydroxyl groups is 1. The second-order valence-electron chi connectivity index (χ2n) is 6.53. The molecule has 1 heterocycles. The van der Waals surface area contributed by atoms with Crippen molar-refractivity contribution in [2.45, 2.75) is 32.1 Å². The van der Waals surface area contributed by atoms with E-state index in [-0.39, 0.29) is 24.9 Å². The van der Waals surface area contributed by atoms with Gasteiger partial charge in [0.05, 0.1) is 19.3 Å². The maximum Gasteiger partial charge on any atom is 0.249 e. The summed E-state index contributed by atoms with van der Waals surface area (Å²) in [6.07, 6.45) is 1.72. The molecule has 3 N–H and O–H groups in total. The summed E-state index contributed by atoms with van der Waals surface area (Å²) in [6.45, 7) is 1.69. The van der Waals surface area contributed by atoms with E-state index in [2.05, 4.69) is 10.3 Å². The van der Waals surface area contributed by atoms with Gasteiger partial charge in [0.2, 0.25) is 5.91 Å². The van der Waals surface area contributed by atoms with Crippen LogP contribution in [0.5, 0.6) is 0 Å². The number of para-hydroxylation sites is 1. The van der Waals surface area contributed by atoms with E-state index in [0.29, 0.717) is 6.42 Å². The molecule has 2 atom stereocenters. The summed E-state index contributed by atoms with van der Waals surface area (Å²) in [5, 5.41) is 13.6. The van der Waals surface area contributed by atoms with Gasteiger partial charge in [-0.15, -0.1) is 0 Å². The average molecular weight is 370 g/mol. The van der Waals surface area contributed by atoms with Gasteiger partial charge in [0.25, 0.3) is 0 Å². The van der Waals surface area contributed by atoms with Gasteiger partial charge in [-0.1, -0.05) is 30.3 Å². The largest absolute Gasteiger partial charge is 0.394 e. The molecular weight excluding hydrogens is 347 g/mol. The third kappa shape index (κ3) is 4.93. The van der Waals surface area contributed by atoms with Gasteiger partial charge in [-0.2, -0.15) is 0 Å². The lowest BCUT2D eigenvalue weighted by Gasteiger charge is -2.19. The van der Waals surface area contributed by atoms with Crippen molar-refractivity contribution in [1.82, 2.24) is 10.3 Å². The Morgan fingerprint density at radius 2 is 1.96 bits per heavy atom. The highest BCUT2D eigenvalue weighted by atomic mass is 19.1. The molecule has 0 saturated heterocycles. The monoisotopic (exact) mass is 370 g/mol. The van der Waals surface area contributed by atoms with Crippen molar-refractivity contribution in [2.75, 3.05) is 6.61 Å². The van der Waals surface area contributed by atoms with E-state index in [1.165, 1.54) is 12.1 Å². The summed E-state index contributed by atoms with van der Waals surface area (Å²) in [6, 6.07) is 13.4. The first-order valence-electron chi connectivity index (χ1n) is 8.89. The number of rotatable bonds is 8. The Hall–Kier alpha value is -2.70. The molecule has 27 heavy (non-hydrogen) atoms. The normalized spacial score (nSPS) is 13.4. The molecule has 0 aliphatic carbocycles. The van der Waals surface area contributed by atoms with E-state index in [1.807, 2.05) is 30.5 Å². The van der Waals surface area contributed by atoms with Crippen molar-refractivity contribution >= 4 is 16.8 Å². The Labute approximate surface area is 157 Å². The zero-order valence-corrected chi connectivity index (χ0v) is 15.1. The smallest absolute Gasteiger partial charge is 0.249 e. The maximum absolute atomic E-state index is 12.9. The number of benzene rings is 2. The third-order valence-corrected chi connectivity index (χ3v) is 4.49. The number of hydrogen-bond acceptors (Lipinski definition) is 3. The molecule has 2 aromatic carbocycles. The van der Waals surface area contributed by atoms with Crippen LogP contribution >= 0.6 is 0 Å². The molecule has 0 bridgehead atoms. The lowest BCUT2D eigenvalue weighted by Crippen LogP contribution is -2.44. The van der Waals surface area contributed by atoms with Crippen LogP contribution < -0.4 is 5.32 Å². The van der Waals surface area contributed by atoms with Crippen LogP contribution in [0.4, 0.5) is 4.39 Å². The van der Waals surface area contributed by atoms with E-state index < -0.39 is 12.1 Å². The van der Waals surface area contributed by atoms with Crippen molar-refractivity contribution in [3.63, 3.8) is 0 Å². The maximum atomic E-state index is 12.9. The molecule has 1 aromatic heterocycles. The van der Waals surface area contributed by atoms with E-state index in [0.717, 1.165) is 22.0 Å². The minimum absolute atomic E-state index is 0.171. The van der Waals surface area contributed by atoms with Crippen LogP contribution in [-0.4, -0.2) is 34.8 Å². The number of fused-ring (bicyclic) bond motifs is 1. The van der Waals surface area contributed by atoms with E-state index in [9.17, 15) is 14.3 Å². The summed E-state index contributed by atoms with van der Waals surface area (Å²) in [7, 11) is 0. The second-order valence-corrected chi connectivity index (χ2v) is 6.53. The van der Waals surface area contributed by atoms with Gasteiger partial charge >= 0.3 is 0 Å². The van der Waals surface area contributed by atoms with Crippen LogP contribution in [0.1, 0.15) is 18.1 Å². The minimum Gasteiger partial charge on any atom is -0.394 e. The van der Waals surface area contributed by atoms with Crippen molar-refractivity contribution < 1.29 is 19.0 Å². The molecule has 0 aliphatic rings. The fourth-order valence-electron chi connectivity index (χ4n) is 2.92. The Morgan fingerprint density at radius 1 is 1.22 bits per heavy atom. The molecule has 2 unspecified atom stereocenters. The van der Waals surface area contributed by atoms with E-state index >= 15 is 0 Å². The van der Waals surface area contributed by atoms with Crippen LogP contribution in [0.15, 0.2) is 54.7 Å². The second kappa shape index (κ2) is 8.79. The van der Waals surface area contributed by atoms with Crippen molar-refractivity contribution in [3.05, 3.63) is 71.7 Å². The van der Waals surface area contributed by atoms with Crippen molar-refractivity contribution in [1.29, 1.82) is 0 Å². The van der Waals surface area contributed by atoms with Gasteiger partial charge in [0.15, 0.2) is 0 Å². The van der Waals surface area contributed by atoms with Crippen LogP contribution in [0.2, 0.25) is 0 Å². The van der Waals surface area contributed by atoms with Gasteiger partial charge in [-0.3, -0.25) is 4.79 Å². The molecule has 142 valence electrons. The first kappa shape index (κ1) is 19.1. The van der Waals surface area contributed by atoms with Crippen LogP contribution in [-0.2, 0) is 22.6 Å². The number of hydrogen-bond donors (Lipinski definition) is 3. The number of aliphatic hydroxyl groups excluding tert-OH is 1. The highest BCUT2D eigenvalue weighted by Gasteiger charge is 2.19. The predicted octanol–water partition coefficient (Wildman–Crippen LogP) is 2.93. The Kier molecular flexibility index (Phi) is 6.21. The van der Waals surface area contributed by atoms with Crippen LogP contribution in [0, 0.1) is 5.82 Å². The zero-order chi connectivity index (χ0) is 19.2. The fourth-order valence-corrected chi connectivity index (χ4v) is 2.92. The number of carbonyl (C=O) groups is 1. The molecule has 0 aliphatic heterocycles. The Bertz CT molecular complexity index is 892. The third-order valence-electron chi connectivity index (χ3n) is 4.49. The lowest BCUT2D eigenvalue weighted by molar-refractivity contribution is -0.133. The first-order chi connectivity index (χ1) is 13.1. The van der Waals surface area contributed by atoms with Gasteiger partial charge < -0.3 is 20.1 Å². The Morgan fingerprint density at radius 3 is 2.70 bits per heavy atom. The highest BCUT2D eigenvalue weighted by molar-refractivity contribution is 5.83. The summed E-state index contributed by atoms with van der Waals surface area (Å²) in [4.78, 5) is 15.6. The molecule has 3 aromatic rings. The standard InChI is InChI=1S/C21H23FN2O3/c1-14(27-13-15-6-8-17(22)9-7-15)21(26)24-18(12-25)10-16-11-23-20-5-3-2-4-19(16)20/h2-9,11,14,18,23,25H,10,12-13H2,1H3,(H,24,26). The average Bonchev–Trinajstić information content (AvgIpc) is 3.09. The van der Waals surface area contributed by atoms with E-state index in [4.69, 9.17) is 4.74 Å². The molecule has 0 saturated carbocycles. The van der Waals surface area contributed by atoms with Gasteiger partial charge in [-0.25, -0.2) is 4.39 Å². The SMILES string of the molecule is CC(OCc1ccc(F)cc1)C(=O)NC(CO)Cc1c[nH]c2ccccc12. The molecule has 0 spiro atoms. The highest BCUT2D eigenvalue weighted by Crippen LogP contribution is 2.19. The van der Waals surface area contributed by atoms with Gasteiger partial charge in [0.1, 0.15) is 11.9 Å². The number of ether oxygens (including phenoxy) is 1. The number of amides is 1. The topological polar surface area (TPSA) is 74.3 Å². The van der Waals surface area contributed by atoms with E-state index in [1.54, 1.807) is 19.1 Å². The summed E-state index contributed by atoms with van der Waals surface area (Å²) in [5.41, 5.74) is 2.84. The molecule has 0 radical (unpaired) electrons. The molecule has 6 heteroatoms. The number of aromatic amines is 1. The molecular formula is C21H23FN2O3. The van der Waals surface area contributed by atoms with Crippen LogP contribution in [0.3, 0.4) is 0 Å². The summed E-state index contributed by atoms with van der Waals surface area (Å²) in [5.74, 6) is -0.608. The van der Waals surface area contributed by atoms with Crippen LogP contribution in [0.25, 0.3) is 10.9 Å². The van der Waals surface area contributed by atoms with Crippen molar-refractivity contribution in [3.8, 4) is 0 Å². The number of nitrogens with one attached hydrogen (secondary N) is 2. The lowest BCUT2D eigenvalue weighted by atomic mass is 10.1. The van der Waals surface area contributed by atoms with Gasteiger partial charge in [0, 0.05) is 17.1 Å². The van der Waals surface area contributed by atoms with Crippen molar-refractivity contribution in [2.24, 2.45) is 0 Å². The number of halogens is 1. The summed E-state index contributed by atoms with van der Waals surface area (Å²) < 4.78 is 18.5. The number of H-pyrrole nitrogens is 1. The molecule has 3 rings (SSSR count). The summed E-state index contributed by atoms with van der Waals surface area (Å²) >= 11 is 0. The molecule has 0 fully saturated rings. The number of carbonyl (C=O) groups excluding carboxylic acids is 1. The molecule has 1 amide bonds. The first-order valence-corrected chi connectivity index (χ1v) is 8.89.